The van der Waals surface area contributed by atoms with Gasteiger partial charge in [-0.25, -0.2) is 0 Å². The van der Waals surface area contributed by atoms with E-state index in [1.54, 1.807) is 7.11 Å². The van der Waals surface area contributed by atoms with Crippen molar-refractivity contribution in [1.82, 2.24) is 4.90 Å². The highest BCUT2D eigenvalue weighted by atomic mass is 32.2. The molecular formula is C23H26N2OS2. The maximum absolute atomic E-state index is 5.64. The minimum Gasteiger partial charge on any atom is -0.497 e. The van der Waals surface area contributed by atoms with Crippen LogP contribution in [0.2, 0.25) is 0 Å². The van der Waals surface area contributed by atoms with E-state index in [0.717, 1.165) is 36.0 Å². The number of benzene rings is 3. The van der Waals surface area contributed by atoms with Crippen molar-refractivity contribution in [3.8, 4) is 5.75 Å². The predicted molar refractivity (Wildman–Crippen MR) is 121 cm³/mol. The molecule has 5 heteroatoms. The maximum atomic E-state index is 5.64. The normalized spacial score (nSPS) is 11.0. The van der Waals surface area contributed by atoms with Crippen molar-refractivity contribution < 1.29 is 4.74 Å². The SMILES string of the molecule is COc1cccc(CN(CCSc2ccccc2)Cc2ccc(SN)cc2)c1. The van der Waals surface area contributed by atoms with Crippen LogP contribution in [0.25, 0.3) is 0 Å². The van der Waals surface area contributed by atoms with Gasteiger partial charge in [-0.3, -0.25) is 10.0 Å². The van der Waals surface area contributed by atoms with Crippen LogP contribution in [-0.4, -0.2) is 24.3 Å². The van der Waals surface area contributed by atoms with Crippen LogP contribution in [0.3, 0.4) is 0 Å². The van der Waals surface area contributed by atoms with E-state index in [4.69, 9.17) is 9.88 Å². The lowest BCUT2D eigenvalue weighted by molar-refractivity contribution is 0.273. The van der Waals surface area contributed by atoms with Gasteiger partial charge in [0.25, 0.3) is 0 Å². The molecule has 0 spiro atoms. The van der Waals surface area contributed by atoms with Gasteiger partial charge in [-0.2, -0.15) is 0 Å². The molecule has 0 aliphatic carbocycles. The fraction of sp³-hybridized carbons (Fsp3) is 0.217. The lowest BCUT2D eigenvalue weighted by Crippen LogP contribution is -2.25. The van der Waals surface area contributed by atoms with Gasteiger partial charge >= 0.3 is 0 Å². The Morgan fingerprint density at radius 3 is 2.29 bits per heavy atom. The third kappa shape index (κ3) is 6.60. The molecule has 3 rings (SSSR count). The zero-order chi connectivity index (χ0) is 19.6. The first-order valence-corrected chi connectivity index (χ1v) is 11.1. The van der Waals surface area contributed by atoms with Crippen LogP contribution in [-0.2, 0) is 13.1 Å². The van der Waals surface area contributed by atoms with Gasteiger partial charge in [-0.05, 0) is 59.5 Å². The first kappa shape index (κ1) is 20.8. The molecule has 0 bridgehead atoms. The van der Waals surface area contributed by atoms with Crippen molar-refractivity contribution in [2.75, 3.05) is 19.4 Å². The van der Waals surface area contributed by atoms with Crippen molar-refractivity contribution in [2.45, 2.75) is 22.9 Å². The number of nitrogens with two attached hydrogens (primary N) is 1. The van der Waals surface area contributed by atoms with E-state index < -0.39 is 0 Å². The largest absolute Gasteiger partial charge is 0.497 e. The van der Waals surface area contributed by atoms with Crippen LogP contribution >= 0.6 is 23.7 Å². The van der Waals surface area contributed by atoms with Crippen molar-refractivity contribution in [1.29, 1.82) is 0 Å². The zero-order valence-electron chi connectivity index (χ0n) is 16.1. The van der Waals surface area contributed by atoms with Crippen molar-refractivity contribution in [3.05, 3.63) is 90.0 Å². The molecule has 146 valence electrons. The molecule has 0 unspecified atom stereocenters. The lowest BCUT2D eigenvalue weighted by atomic mass is 10.1. The monoisotopic (exact) mass is 410 g/mol. The summed E-state index contributed by atoms with van der Waals surface area (Å²) in [6, 6.07) is 27.4. The van der Waals surface area contributed by atoms with Gasteiger partial charge in [0.15, 0.2) is 0 Å². The number of nitrogens with zero attached hydrogens (tertiary/aromatic N) is 1. The van der Waals surface area contributed by atoms with Gasteiger partial charge in [-0.15, -0.1) is 11.8 Å². The van der Waals surface area contributed by atoms with E-state index in [2.05, 4.69) is 77.7 Å². The Labute approximate surface area is 176 Å². The molecular weight excluding hydrogens is 384 g/mol. The summed E-state index contributed by atoms with van der Waals surface area (Å²) in [7, 11) is 1.71. The third-order valence-corrected chi connectivity index (χ3v) is 5.96. The molecule has 0 aliphatic heterocycles. The quantitative estimate of drug-likeness (QED) is 0.355. The zero-order valence-corrected chi connectivity index (χ0v) is 17.7. The Hall–Kier alpha value is -1.92. The van der Waals surface area contributed by atoms with Crippen LogP contribution in [0, 0.1) is 0 Å². The maximum Gasteiger partial charge on any atom is 0.119 e. The summed E-state index contributed by atoms with van der Waals surface area (Å²) in [6.07, 6.45) is 0. The predicted octanol–water partition coefficient (Wildman–Crippen LogP) is 5.46. The summed E-state index contributed by atoms with van der Waals surface area (Å²) in [5.74, 6) is 1.95. The average Bonchev–Trinajstić information content (AvgIpc) is 2.75. The molecule has 0 heterocycles. The van der Waals surface area contributed by atoms with Gasteiger partial charge in [-0.1, -0.05) is 42.5 Å². The van der Waals surface area contributed by atoms with Crippen molar-refractivity contribution in [3.63, 3.8) is 0 Å². The highest BCUT2D eigenvalue weighted by Crippen LogP contribution is 2.20. The molecule has 0 amide bonds. The second kappa shape index (κ2) is 11.2. The first-order chi connectivity index (χ1) is 13.8. The van der Waals surface area contributed by atoms with E-state index >= 15 is 0 Å². The number of rotatable bonds is 10. The van der Waals surface area contributed by atoms with Crippen LogP contribution in [0.5, 0.6) is 5.75 Å². The van der Waals surface area contributed by atoms with Crippen LogP contribution in [0.4, 0.5) is 0 Å². The van der Waals surface area contributed by atoms with Crippen LogP contribution in [0.1, 0.15) is 11.1 Å². The second-order valence-electron chi connectivity index (χ2n) is 6.49. The topological polar surface area (TPSA) is 38.5 Å². The van der Waals surface area contributed by atoms with Gasteiger partial charge in [0.05, 0.1) is 7.11 Å². The van der Waals surface area contributed by atoms with Gasteiger partial charge < -0.3 is 4.74 Å². The second-order valence-corrected chi connectivity index (χ2v) is 8.36. The van der Waals surface area contributed by atoms with E-state index in [9.17, 15) is 0 Å². The standard InChI is InChI=1S/C23H26N2OS2/c1-26-21-7-5-6-20(16-21)18-25(14-15-27-22-8-3-2-4-9-22)17-19-10-12-23(28-24)13-11-19/h2-13,16H,14-15,17-18,24H2,1H3. The number of thioether (sulfide) groups is 1. The summed E-state index contributed by atoms with van der Waals surface area (Å²) in [5, 5.41) is 5.64. The highest BCUT2D eigenvalue weighted by Gasteiger charge is 2.09. The molecule has 2 N–H and O–H groups in total. The molecule has 3 nitrogen and oxygen atoms in total. The molecule has 0 atom stereocenters. The summed E-state index contributed by atoms with van der Waals surface area (Å²) < 4.78 is 5.38. The summed E-state index contributed by atoms with van der Waals surface area (Å²) >= 11 is 3.18. The van der Waals surface area contributed by atoms with Crippen LogP contribution < -0.4 is 9.88 Å². The fourth-order valence-corrected chi connectivity index (χ4v) is 4.21. The molecule has 28 heavy (non-hydrogen) atoms. The van der Waals surface area contributed by atoms with E-state index in [1.165, 1.54) is 28.0 Å². The molecule has 0 radical (unpaired) electrons. The van der Waals surface area contributed by atoms with Crippen LogP contribution in [0.15, 0.2) is 88.7 Å². The molecule has 0 fully saturated rings. The number of methoxy groups -OCH3 is 1. The number of ether oxygens (including phenoxy) is 1. The molecule has 0 aromatic heterocycles. The highest BCUT2D eigenvalue weighted by molar-refractivity contribution is 7.99. The number of hydrogen-bond donors (Lipinski definition) is 1. The Morgan fingerprint density at radius 1 is 0.821 bits per heavy atom. The molecule has 0 aliphatic rings. The Balaban J connectivity index is 1.66. The molecule has 3 aromatic rings. The van der Waals surface area contributed by atoms with Gasteiger partial charge in [0.2, 0.25) is 0 Å². The molecule has 0 saturated heterocycles. The minimum atomic E-state index is 0.889. The van der Waals surface area contributed by atoms with Gasteiger partial charge in [0.1, 0.15) is 5.75 Å². The molecule has 3 aromatic carbocycles. The van der Waals surface area contributed by atoms with E-state index in [0.29, 0.717) is 0 Å². The molecule has 0 saturated carbocycles. The van der Waals surface area contributed by atoms with Crippen molar-refractivity contribution >= 4 is 23.7 Å². The van der Waals surface area contributed by atoms with E-state index in [-0.39, 0.29) is 0 Å². The summed E-state index contributed by atoms with van der Waals surface area (Å²) in [6.45, 7) is 2.80. The summed E-state index contributed by atoms with van der Waals surface area (Å²) in [5.41, 5.74) is 2.56. The Morgan fingerprint density at radius 2 is 1.57 bits per heavy atom. The Bertz CT molecular complexity index is 841. The minimum absolute atomic E-state index is 0.889. The first-order valence-electron chi connectivity index (χ1n) is 9.25. The number of hydrogen-bond acceptors (Lipinski definition) is 5. The third-order valence-electron chi connectivity index (χ3n) is 4.43. The van der Waals surface area contributed by atoms with Crippen molar-refractivity contribution in [2.24, 2.45) is 5.14 Å². The van der Waals surface area contributed by atoms with Gasteiger partial charge in [0, 0.05) is 35.2 Å². The Kier molecular flexibility index (Phi) is 8.30. The summed E-state index contributed by atoms with van der Waals surface area (Å²) in [4.78, 5) is 4.88. The average molecular weight is 411 g/mol. The smallest absolute Gasteiger partial charge is 0.119 e. The fourth-order valence-electron chi connectivity index (χ4n) is 2.98. The van der Waals surface area contributed by atoms with E-state index in [1.807, 2.05) is 17.8 Å². The lowest BCUT2D eigenvalue weighted by Gasteiger charge is -2.23.